The minimum Gasteiger partial charge on any atom is -0.450 e. The summed E-state index contributed by atoms with van der Waals surface area (Å²) in [6, 6.07) is 7.42. The Morgan fingerprint density at radius 1 is 1.14 bits per heavy atom. The summed E-state index contributed by atoms with van der Waals surface area (Å²) in [5.41, 5.74) is 0.912. The van der Waals surface area contributed by atoms with Crippen LogP contribution in [0.4, 0.5) is 4.79 Å². The second kappa shape index (κ2) is 11.7. The number of nitrogens with one attached hydrogen (secondary N) is 1. The van der Waals surface area contributed by atoms with Crippen LogP contribution in [0.1, 0.15) is 39.5 Å². The monoisotopic (exact) mass is 424 g/mol. The average molecular weight is 425 g/mol. The number of imide groups is 1. The third kappa shape index (κ3) is 6.83. The summed E-state index contributed by atoms with van der Waals surface area (Å²) in [6.45, 7) is 4.81. The first-order chi connectivity index (χ1) is 13.5. The molecule has 152 valence electrons. The highest BCUT2D eigenvalue weighted by atomic mass is 35.5. The van der Waals surface area contributed by atoms with Gasteiger partial charge in [-0.25, -0.2) is 4.79 Å². The maximum absolute atomic E-state index is 11.9. The summed E-state index contributed by atoms with van der Waals surface area (Å²) in [5.74, 6) is 0.352. The first kappa shape index (κ1) is 22.2. The zero-order valence-corrected chi connectivity index (χ0v) is 17.7. The van der Waals surface area contributed by atoms with Crippen LogP contribution < -0.4 is 5.32 Å². The van der Waals surface area contributed by atoms with Gasteiger partial charge in [-0.3, -0.25) is 10.1 Å². The van der Waals surface area contributed by atoms with Crippen LogP contribution in [0.3, 0.4) is 0 Å². The Hall–Kier alpha value is -2.06. The normalized spacial score (nSPS) is 10.7. The molecule has 9 heteroatoms. The molecular formula is C19H25ClN4O3S. The molecule has 2 aromatic rings. The van der Waals surface area contributed by atoms with Crippen molar-refractivity contribution in [3.8, 4) is 11.4 Å². The minimum atomic E-state index is -0.740. The molecule has 0 aliphatic carbocycles. The molecule has 0 fully saturated rings. The van der Waals surface area contributed by atoms with E-state index in [9.17, 15) is 9.59 Å². The van der Waals surface area contributed by atoms with E-state index in [2.05, 4.69) is 22.4 Å². The number of ether oxygens (including phenoxy) is 1. The van der Waals surface area contributed by atoms with Crippen molar-refractivity contribution in [2.24, 2.45) is 0 Å². The van der Waals surface area contributed by atoms with E-state index < -0.39 is 12.0 Å². The van der Waals surface area contributed by atoms with Crippen LogP contribution >= 0.6 is 23.4 Å². The summed E-state index contributed by atoms with van der Waals surface area (Å²) in [7, 11) is 0. The van der Waals surface area contributed by atoms with Crippen LogP contribution in [0.15, 0.2) is 29.4 Å². The standard InChI is InChI=1S/C19H25ClN4O3S/c1-3-5-6-7-12-24-17(14-8-10-15(20)11-9-14)22-23-18(24)28-13-16(25)21-19(26)27-4-2/h8-11H,3-7,12-13H2,1-2H3,(H,21,25,26). The largest absolute Gasteiger partial charge is 0.450 e. The van der Waals surface area contributed by atoms with Gasteiger partial charge in [0.15, 0.2) is 11.0 Å². The molecule has 2 rings (SSSR count). The van der Waals surface area contributed by atoms with Gasteiger partial charge in [0, 0.05) is 17.1 Å². The van der Waals surface area contributed by atoms with E-state index in [4.69, 9.17) is 16.3 Å². The van der Waals surface area contributed by atoms with Gasteiger partial charge in [0.2, 0.25) is 5.91 Å². The van der Waals surface area contributed by atoms with Gasteiger partial charge in [0.05, 0.1) is 12.4 Å². The number of nitrogens with zero attached hydrogens (tertiary/aromatic N) is 3. The Morgan fingerprint density at radius 3 is 2.57 bits per heavy atom. The van der Waals surface area contributed by atoms with E-state index in [0.29, 0.717) is 10.2 Å². The van der Waals surface area contributed by atoms with Gasteiger partial charge in [0.25, 0.3) is 0 Å². The molecule has 0 unspecified atom stereocenters. The third-order valence-electron chi connectivity index (χ3n) is 3.90. The zero-order chi connectivity index (χ0) is 20.4. The predicted octanol–water partition coefficient (Wildman–Crippen LogP) is 4.54. The summed E-state index contributed by atoms with van der Waals surface area (Å²) in [4.78, 5) is 23.3. The van der Waals surface area contributed by atoms with Gasteiger partial charge < -0.3 is 9.30 Å². The van der Waals surface area contributed by atoms with Crippen molar-refractivity contribution in [3.63, 3.8) is 0 Å². The predicted molar refractivity (Wildman–Crippen MR) is 110 cm³/mol. The molecule has 0 aliphatic rings. The lowest BCUT2D eigenvalue weighted by Gasteiger charge is -2.10. The molecule has 0 atom stereocenters. The smallest absolute Gasteiger partial charge is 0.413 e. The number of benzene rings is 1. The van der Waals surface area contributed by atoms with Gasteiger partial charge >= 0.3 is 6.09 Å². The highest BCUT2D eigenvalue weighted by Gasteiger charge is 2.16. The van der Waals surface area contributed by atoms with Gasteiger partial charge in [-0.1, -0.05) is 49.5 Å². The molecule has 0 aliphatic heterocycles. The Morgan fingerprint density at radius 2 is 1.89 bits per heavy atom. The summed E-state index contributed by atoms with van der Waals surface area (Å²) in [5, 5.41) is 12.0. The second-order valence-electron chi connectivity index (χ2n) is 6.08. The van der Waals surface area contributed by atoms with Crippen molar-refractivity contribution >= 4 is 35.4 Å². The Kier molecular flexibility index (Phi) is 9.30. The molecule has 2 amide bonds. The Balaban J connectivity index is 2.10. The van der Waals surface area contributed by atoms with Crippen molar-refractivity contribution in [2.75, 3.05) is 12.4 Å². The van der Waals surface area contributed by atoms with Crippen LogP contribution in [0, 0.1) is 0 Å². The number of hydrogen-bond acceptors (Lipinski definition) is 6. The summed E-state index contributed by atoms with van der Waals surface area (Å²) >= 11 is 7.22. The lowest BCUT2D eigenvalue weighted by molar-refractivity contribution is -0.117. The number of hydrogen-bond donors (Lipinski definition) is 1. The van der Waals surface area contributed by atoms with Gasteiger partial charge in [0.1, 0.15) is 0 Å². The number of unbranched alkanes of at least 4 members (excludes halogenated alkanes) is 3. The molecule has 28 heavy (non-hydrogen) atoms. The minimum absolute atomic E-state index is 0.0481. The average Bonchev–Trinajstić information content (AvgIpc) is 3.07. The molecule has 1 aromatic carbocycles. The number of aromatic nitrogens is 3. The van der Waals surface area contributed by atoms with E-state index in [1.165, 1.54) is 18.2 Å². The number of carbonyl (C=O) groups is 2. The van der Waals surface area contributed by atoms with Gasteiger partial charge in [-0.2, -0.15) is 0 Å². The SMILES string of the molecule is CCCCCCn1c(SCC(=O)NC(=O)OCC)nnc1-c1ccc(Cl)cc1. The number of amides is 2. The molecule has 0 radical (unpaired) electrons. The molecule has 0 saturated heterocycles. The molecule has 0 spiro atoms. The van der Waals surface area contributed by atoms with Gasteiger partial charge in [-0.15, -0.1) is 10.2 Å². The van der Waals surface area contributed by atoms with Crippen LogP contribution in [0.2, 0.25) is 5.02 Å². The van der Waals surface area contributed by atoms with Crippen molar-refractivity contribution in [1.82, 2.24) is 20.1 Å². The lowest BCUT2D eigenvalue weighted by atomic mass is 10.2. The second-order valence-corrected chi connectivity index (χ2v) is 7.46. The fourth-order valence-corrected chi connectivity index (χ4v) is 3.44. The van der Waals surface area contributed by atoms with E-state index in [0.717, 1.165) is 37.2 Å². The topological polar surface area (TPSA) is 86.1 Å². The molecule has 0 saturated carbocycles. The summed E-state index contributed by atoms with van der Waals surface area (Å²) < 4.78 is 6.73. The molecule has 1 aromatic heterocycles. The van der Waals surface area contributed by atoms with E-state index >= 15 is 0 Å². The van der Waals surface area contributed by atoms with Crippen LogP contribution in [0.25, 0.3) is 11.4 Å². The number of rotatable bonds is 10. The molecule has 1 heterocycles. The van der Waals surface area contributed by atoms with Crippen molar-refractivity contribution in [2.45, 2.75) is 51.2 Å². The summed E-state index contributed by atoms with van der Waals surface area (Å²) in [6.07, 6.45) is 3.69. The number of carbonyl (C=O) groups excluding carboxylic acids is 2. The number of halogens is 1. The zero-order valence-electron chi connectivity index (χ0n) is 16.1. The van der Waals surface area contributed by atoms with Crippen molar-refractivity contribution in [3.05, 3.63) is 29.3 Å². The van der Waals surface area contributed by atoms with Gasteiger partial charge in [-0.05, 0) is 37.6 Å². The molecule has 1 N–H and O–H groups in total. The quantitative estimate of drug-likeness (QED) is 0.445. The van der Waals surface area contributed by atoms with E-state index in [-0.39, 0.29) is 12.4 Å². The van der Waals surface area contributed by atoms with E-state index in [1.54, 1.807) is 6.92 Å². The van der Waals surface area contributed by atoms with Crippen LogP contribution in [-0.4, -0.2) is 39.1 Å². The Labute approximate surface area is 174 Å². The van der Waals surface area contributed by atoms with Crippen LogP contribution in [-0.2, 0) is 16.1 Å². The fraction of sp³-hybridized carbons (Fsp3) is 0.474. The highest BCUT2D eigenvalue weighted by molar-refractivity contribution is 7.99. The van der Waals surface area contributed by atoms with Crippen molar-refractivity contribution in [1.29, 1.82) is 0 Å². The molecule has 7 nitrogen and oxygen atoms in total. The fourth-order valence-electron chi connectivity index (χ4n) is 2.55. The van der Waals surface area contributed by atoms with Crippen molar-refractivity contribution < 1.29 is 14.3 Å². The maximum atomic E-state index is 11.9. The first-order valence-electron chi connectivity index (χ1n) is 9.33. The molecular weight excluding hydrogens is 400 g/mol. The first-order valence-corrected chi connectivity index (χ1v) is 10.7. The number of thioether (sulfide) groups is 1. The van der Waals surface area contributed by atoms with E-state index in [1.807, 2.05) is 28.8 Å². The Bertz CT molecular complexity index is 780. The number of alkyl carbamates (subject to hydrolysis) is 1. The molecule has 0 bridgehead atoms. The third-order valence-corrected chi connectivity index (χ3v) is 5.12. The highest BCUT2D eigenvalue weighted by Crippen LogP contribution is 2.26. The maximum Gasteiger partial charge on any atom is 0.413 e. The van der Waals surface area contributed by atoms with Crippen LogP contribution in [0.5, 0.6) is 0 Å². The lowest BCUT2D eigenvalue weighted by Crippen LogP contribution is -2.32.